The fourth-order valence-corrected chi connectivity index (χ4v) is 1.15. The summed E-state index contributed by atoms with van der Waals surface area (Å²) in [6.07, 6.45) is 4.91. The van der Waals surface area contributed by atoms with Crippen molar-refractivity contribution in [1.29, 1.82) is 0 Å². The molecule has 3 nitrogen and oxygen atoms in total. The van der Waals surface area contributed by atoms with E-state index in [0.717, 1.165) is 17.6 Å². The summed E-state index contributed by atoms with van der Waals surface area (Å²) in [6.45, 7) is 10.3. The van der Waals surface area contributed by atoms with E-state index in [2.05, 4.69) is 19.7 Å². The van der Waals surface area contributed by atoms with Crippen LogP contribution < -0.4 is 0 Å². The van der Waals surface area contributed by atoms with Gasteiger partial charge in [-0.2, -0.15) is 20.2 Å². The lowest BCUT2D eigenvalue weighted by atomic mass is 10.8. The summed E-state index contributed by atoms with van der Waals surface area (Å²) in [5.41, 5.74) is 0. The van der Waals surface area contributed by atoms with Crippen molar-refractivity contribution in [3.63, 3.8) is 0 Å². The summed E-state index contributed by atoms with van der Waals surface area (Å²) in [5.74, 6) is 1.70. The second kappa shape index (κ2) is 10.6. The first-order valence-corrected chi connectivity index (χ1v) is 6.60. The molecule has 0 atom stereocenters. The Kier molecular flexibility index (Phi) is 12.0. The summed E-state index contributed by atoms with van der Waals surface area (Å²) in [4.78, 5) is 0. The van der Waals surface area contributed by atoms with E-state index in [1.807, 2.05) is 23.9 Å². The minimum atomic E-state index is -3.79. The largest absolute Gasteiger partial charge is 0.285 e. The van der Waals surface area contributed by atoms with Gasteiger partial charge in [0, 0.05) is 11.5 Å². The average molecular weight is 236 g/mol. The Morgan fingerprint density at radius 3 is 1.64 bits per heavy atom. The molecule has 0 spiro atoms. The third-order valence-corrected chi connectivity index (χ3v) is 2.40. The highest BCUT2D eigenvalue weighted by Gasteiger charge is 1.95. The summed E-state index contributed by atoms with van der Waals surface area (Å²) >= 11 is 1.82. The van der Waals surface area contributed by atoms with E-state index in [9.17, 15) is 8.42 Å². The standard InChI is InChI=1S/C6H10S.C3H6O3S/c1-3-5-7-6-4-2;1-2-3-7(4,5)6/h3-4H,1-2,5-6H2;2H,1,3H2,(H,4,5,6). The third-order valence-electron chi connectivity index (χ3n) is 0.800. The van der Waals surface area contributed by atoms with Crippen LogP contribution in [0, 0.1) is 0 Å². The van der Waals surface area contributed by atoms with Crippen LogP contribution in [0.5, 0.6) is 0 Å². The van der Waals surface area contributed by atoms with Crippen molar-refractivity contribution in [2.45, 2.75) is 0 Å². The molecule has 0 radical (unpaired) electrons. The molecule has 1 N–H and O–H groups in total. The zero-order valence-electron chi connectivity index (χ0n) is 8.05. The smallest absolute Gasteiger partial charge is 0.268 e. The van der Waals surface area contributed by atoms with Crippen molar-refractivity contribution in [1.82, 2.24) is 0 Å². The average Bonchev–Trinajstić information content (AvgIpc) is 2.04. The molecule has 0 aliphatic rings. The third kappa shape index (κ3) is 22.5. The van der Waals surface area contributed by atoms with Gasteiger partial charge in [0.2, 0.25) is 0 Å². The number of rotatable bonds is 6. The highest BCUT2D eigenvalue weighted by Crippen LogP contribution is 1.97. The van der Waals surface area contributed by atoms with E-state index in [4.69, 9.17) is 4.55 Å². The monoisotopic (exact) mass is 236 g/mol. The van der Waals surface area contributed by atoms with Crippen LogP contribution in [-0.2, 0) is 10.1 Å². The molecule has 0 rings (SSSR count). The number of hydrogen-bond acceptors (Lipinski definition) is 3. The molecular formula is C9H16O3S2. The Balaban J connectivity index is 0. The van der Waals surface area contributed by atoms with Gasteiger partial charge in [-0.15, -0.1) is 19.7 Å². The first-order valence-electron chi connectivity index (χ1n) is 3.83. The van der Waals surface area contributed by atoms with Gasteiger partial charge in [-0.3, -0.25) is 4.55 Å². The van der Waals surface area contributed by atoms with E-state index >= 15 is 0 Å². The Bertz CT molecular complexity index is 247. The van der Waals surface area contributed by atoms with Crippen LogP contribution in [0.1, 0.15) is 0 Å². The molecule has 0 bridgehead atoms. The van der Waals surface area contributed by atoms with E-state index in [-0.39, 0.29) is 5.75 Å². The summed E-state index contributed by atoms with van der Waals surface area (Å²) in [7, 11) is -3.79. The number of hydrogen-bond donors (Lipinski definition) is 1. The second-order valence-electron chi connectivity index (χ2n) is 2.15. The quantitative estimate of drug-likeness (QED) is 0.436. The molecule has 0 amide bonds. The lowest BCUT2D eigenvalue weighted by Crippen LogP contribution is -1.99. The van der Waals surface area contributed by atoms with E-state index in [1.165, 1.54) is 0 Å². The zero-order valence-corrected chi connectivity index (χ0v) is 9.69. The van der Waals surface area contributed by atoms with Crippen LogP contribution in [0.3, 0.4) is 0 Å². The molecule has 0 saturated carbocycles. The van der Waals surface area contributed by atoms with Gasteiger partial charge in [-0.1, -0.05) is 18.2 Å². The molecular weight excluding hydrogens is 220 g/mol. The van der Waals surface area contributed by atoms with Gasteiger partial charge in [-0.25, -0.2) is 0 Å². The maximum absolute atomic E-state index is 9.72. The van der Waals surface area contributed by atoms with E-state index in [0.29, 0.717) is 0 Å². The van der Waals surface area contributed by atoms with Crippen molar-refractivity contribution in [3.05, 3.63) is 38.0 Å². The van der Waals surface area contributed by atoms with Crippen LogP contribution in [0.25, 0.3) is 0 Å². The second-order valence-corrected chi connectivity index (χ2v) is 4.72. The van der Waals surface area contributed by atoms with Gasteiger partial charge in [0.25, 0.3) is 10.1 Å². The highest BCUT2D eigenvalue weighted by atomic mass is 32.2. The molecule has 14 heavy (non-hydrogen) atoms. The lowest BCUT2D eigenvalue weighted by Gasteiger charge is -1.85. The van der Waals surface area contributed by atoms with Gasteiger partial charge in [0.1, 0.15) is 0 Å². The normalized spacial score (nSPS) is 9.50. The topological polar surface area (TPSA) is 54.4 Å². The molecule has 0 aromatic rings. The van der Waals surface area contributed by atoms with Crippen LogP contribution in [-0.4, -0.2) is 30.2 Å². The molecule has 0 aliphatic heterocycles. The molecule has 5 heteroatoms. The van der Waals surface area contributed by atoms with Gasteiger partial charge in [0.15, 0.2) is 0 Å². The summed E-state index contributed by atoms with van der Waals surface area (Å²) in [6, 6.07) is 0. The molecule has 0 fully saturated rings. The Labute approximate surface area is 90.3 Å². The first-order chi connectivity index (χ1) is 6.47. The molecule has 0 heterocycles. The first kappa shape index (κ1) is 15.9. The Morgan fingerprint density at radius 2 is 1.50 bits per heavy atom. The predicted octanol–water partition coefficient (Wildman–Crippen LogP) is 2.15. The minimum absolute atomic E-state index is 0.368. The molecule has 0 aliphatic carbocycles. The molecule has 82 valence electrons. The highest BCUT2D eigenvalue weighted by molar-refractivity contribution is 7.99. The minimum Gasteiger partial charge on any atom is -0.285 e. The van der Waals surface area contributed by atoms with Crippen molar-refractivity contribution < 1.29 is 13.0 Å². The van der Waals surface area contributed by atoms with Crippen LogP contribution in [0.4, 0.5) is 0 Å². The van der Waals surface area contributed by atoms with E-state index in [1.54, 1.807) is 0 Å². The predicted molar refractivity (Wildman–Crippen MR) is 64.3 cm³/mol. The lowest BCUT2D eigenvalue weighted by molar-refractivity contribution is 0.487. The fourth-order valence-electron chi connectivity index (χ4n) is 0.384. The van der Waals surface area contributed by atoms with Crippen molar-refractivity contribution in [3.8, 4) is 0 Å². The molecule has 0 aromatic carbocycles. The number of thioether (sulfide) groups is 1. The van der Waals surface area contributed by atoms with Gasteiger partial charge < -0.3 is 0 Å². The van der Waals surface area contributed by atoms with Crippen LogP contribution in [0.2, 0.25) is 0 Å². The summed E-state index contributed by atoms with van der Waals surface area (Å²) in [5, 5.41) is 0. The fraction of sp³-hybridized carbons (Fsp3) is 0.333. The Morgan fingerprint density at radius 1 is 1.07 bits per heavy atom. The van der Waals surface area contributed by atoms with Gasteiger partial charge in [-0.05, 0) is 0 Å². The molecule has 0 saturated heterocycles. The van der Waals surface area contributed by atoms with Gasteiger partial charge >= 0.3 is 0 Å². The molecule has 0 aromatic heterocycles. The Hall–Kier alpha value is -0.520. The van der Waals surface area contributed by atoms with Gasteiger partial charge in [0.05, 0.1) is 5.75 Å². The van der Waals surface area contributed by atoms with Crippen molar-refractivity contribution >= 4 is 21.9 Å². The molecule has 0 unspecified atom stereocenters. The maximum atomic E-state index is 9.72. The maximum Gasteiger partial charge on any atom is 0.268 e. The van der Waals surface area contributed by atoms with E-state index < -0.39 is 10.1 Å². The SMILES string of the molecule is C=CCS(=O)(=O)O.C=CCSCC=C. The summed E-state index contributed by atoms with van der Waals surface area (Å²) < 4.78 is 27.3. The van der Waals surface area contributed by atoms with Crippen LogP contribution >= 0.6 is 11.8 Å². The van der Waals surface area contributed by atoms with Crippen molar-refractivity contribution in [2.75, 3.05) is 17.3 Å². The van der Waals surface area contributed by atoms with Crippen LogP contribution in [0.15, 0.2) is 38.0 Å². The zero-order chi connectivity index (χ0) is 11.4. The van der Waals surface area contributed by atoms with Crippen molar-refractivity contribution in [2.24, 2.45) is 0 Å².